The molecule has 0 aliphatic carbocycles. The van der Waals surface area contributed by atoms with Gasteiger partial charge in [-0.2, -0.15) is 0 Å². The fourth-order valence-corrected chi connectivity index (χ4v) is 3.99. The number of ketones is 1. The van der Waals surface area contributed by atoms with Gasteiger partial charge in [0.15, 0.2) is 5.78 Å². The van der Waals surface area contributed by atoms with E-state index in [0.29, 0.717) is 11.3 Å². The average Bonchev–Trinajstić information content (AvgIpc) is 2.66. The van der Waals surface area contributed by atoms with Gasteiger partial charge in [-0.25, -0.2) is 13.1 Å². The average molecular weight is 423 g/mol. The Bertz CT molecular complexity index is 1030. The van der Waals surface area contributed by atoms with Crippen molar-refractivity contribution in [2.24, 2.45) is 10.9 Å². The fourth-order valence-electron chi connectivity index (χ4n) is 3.35. The van der Waals surface area contributed by atoms with Crippen LogP contribution in [0.3, 0.4) is 0 Å². The monoisotopic (exact) mass is 423 g/mol. The minimum atomic E-state index is -3.88. The van der Waals surface area contributed by atoms with Gasteiger partial charge in [0.25, 0.3) is 5.69 Å². The summed E-state index contributed by atoms with van der Waals surface area (Å²) in [5.41, 5.74) is 0.701. The van der Waals surface area contributed by atoms with Crippen LogP contribution < -0.4 is 4.72 Å². The summed E-state index contributed by atoms with van der Waals surface area (Å²) in [6, 6.07) is 5.51. The minimum Gasteiger partial charge on any atom is -0.468 e. The molecule has 1 aromatic rings. The molecule has 0 saturated carbocycles. The summed E-state index contributed by atoms with van der Waals surface area (Å²) in [6.45, 7) is 3.11. The lowest BCUT2D eigenvalue weighted by atomic mass is 9.74. The summed E-state index contributed by atoms with van der Waals surface area (Å²) < 4.78 is 30.7. The number of Topliss-reactive ketones (excluding diaryl/α,β-unsaturated/α-hetero) is 1. The normalized spacial score (nSPS) is 19.5. The molecule has 0 spiro atoms. The highest BCUT2D eigenvalue weighted by Crippen LogP contribution is 2.40. The molecule has 1 N–H and O–H groups in total. The van der Waals surface area contributed by atoms with Crippen molar-refractivity contribution < 1.29 is 27.7 Å². The van der Waals surface area contributed by atoms with Crippen molar-refractivity contribution >= 4 is 33.2 Å². The van der Waals surface area contributed by atoms with Crippen molar-refractivity contribution in [1.82, 2.24) is 4.72 Å². The first kappa shape index (κ1) is 22.4. The zero-order valence-corrected chi connectivity index (χ0v) is 17.1. The van der Waals surface area contributed by atoms with E-state index in [1.807, 2.05) is 0 Å². The summed E-state index contributed by atoms with van der Waals surface area (Å²) >= 11 is 0. The van der Waals surface area contributed by atoms with E-state index >= 15 is 0 Å². The molecule has 1 aromatic carbocycles. The number of non-ortho nitro benzene ring substituents is 1. The van der Waals surface area contributed by atoms with Gasteiger partial charge in [-0.15, -0.1) is 0 Å². The van der Waals surface area contributed by atoms with Crippen LogP contribution in [0.15, 0.2) is 40.5 Å². The summed E-state index contributed by atoms with van der Waals surface area (Å²) in [7, 11) is -1.52. The van der Waals surface area contributed by atoms with Crippen molar-refractivity contribution in [3.05, 3.63) is 51.2 Å². The van der Waals surface area contributed by atoms with Crippen LogP contribution in [0.5, 0.6) is 0 Å². The molecular formula is C18H21N3O7S. The molecule has 0 bridgehead atoms. The number of sulfonamides is 1. The van der Waals surface area contributed by atoms with Gasteiger partial charge in [0.05, 0.1) is 12.0 Å². The molecule has 10 nitrogen and oxygen atoms in total. The lowest BCUT2D eigenvalue weighted by molar-refractivity contribution is -0.384. The van der Waals surface area contributed by atoms with Gasteiger partial charge in [0, 0.05) is 35.0 Å². The number of rotatable bonds is 7. The molecule has 2 atom stereocenters. The molecule has 0 amide bonds. The van der Waals surface area contributed by atoms with Crippen LogP contribution in [0.25, 0.3) is 0 Å². The van der Waals surface area contributed by atoms with Crippen LogP contribution >= 0.6 is 0 Å². The lowest BCUT2D eigenvalue weighted by Gasteiger charge is -2.31. The van der Waals surface area contributed by atoms with Crippen molar-refractivity contribution in [2.45, 2.75) is 19.8 Å². The van der Waals surface area contributed by atoms with Crippen molar-refractivity contribution in [3.63, 3.8) is 0 Å². The standard InChI is InChI=1S/C18H21N3O7S/c1-10-15(14(22)9-29(26,27)19-3)17(16(11(2)20-10)18(23)28-4)12-6-5-7-13(8-12)21(24)25/h5-8,16-17,19H,9H2,1-4H3. The number of nitrogens with one attached hydrogen (secondary N) is 1. The van der Waals surface area contributed by atoms with Gasteiger partial charge in [0.2, 0.25) is 10.0 Å². The second-order valence-corrected chi connectivity index (χ2v) is 8.40. The van der Waals surface area contributed by atoms with Gasteiger partial charge < -0.3 is 4.74 Å². The molecule has 29 heavy (non-hydrogen) atoms. The molecule has 2 rings (SSSR count). The Morgan fingerprint density at radius 3 is 2.52 bits per heavy atom. The minimum absolute atomic E-state index is 0.00493. The Morgan fingerprint density at radius 1 is 1.31 bits per heavy atom. The number of nitro groups is 1. The van der Waals surface area contributed by atoms with E-state index in [-0.39, 0.29) is 17.0 Å². The fraction of sp³-hybridized carbons (Fsp3) is 0.389. The van der Waals surface area contributed by atoms with Crippen LogP contribution in [0, 0.1) is 16.0 Å². The van der Waals surface area contributed by atoms with Crippen molar-refractivity contribution in [3.8, 4) is 0 Å². The summed E-state index contributed by atoms with van der Waals surface area (Å²) in [5.74, 6) is -4.28. The van der Waals surface area contributed by atoms with E-state index in [0.717, 1.165) is 0 Å². The van der Waals surface area contributed by atoms with Gasteiger partial charge >= 0.3 is 5.97 Å². The van der Waals surface area contributed by atoms with E-state index in [1.165, 1.54) is 39.3 Å². The van der Waals surface area contributed by atoms with Crippen LogP contribution in [-0.2, 0) is 24.3 Å². The van der Waals surface area contributed by atoms with Gasteiger partial charge in [-0.1, -0.05) is 12.1 Å². The molecule has 0 radical (unpaired) electrons. The molecule has 1 aliphatic heterocycles. The predicted molar refractivity (Wildman–Crippen MR) is 105 cm³/mol. The Kier molecular flexibility index (Phi) is 6.65. The number of carbonyl (C=O) groups is 2. The third-order valence-electron chi connectivity index (χ3n) is 4.66. The number of methoxy groups -OCH3 is 1. The second kappa shape index (κ2) is 8.62. The zero-order valence-electron chi connectivity index (χ0n) is 16.3. The van der Waals surface area contributed by atoms with E-state index in [9.17, 15) is 28.1 Å². The number of esters is 1. The summed E-state index contributed by atoms with van der Waals surface area (Å²) in [6.07, 6.45) is 0. The van der Waals surface area contributed by atoms with Crippen molar-refractivity contribution in [1.29, 1.82) is 0 Å². The highest BCUT2D eigenvalue weighted by molar-refractivity contribution is 7.90. The maximum atomic E-state index is 12.9. The molecule has 1 heterocycles. The summed E-state index contributed by atoms with van der Waals surface area (Å²) in [4.78, 5) is 40.3. The number of nitro benzene ring substituents is 1. The van der Waals surface area contributed by atoms with Crippen LogP contribution in [0.2, 0.25) is 0 Å². The molecule has 0 aromatic heterocycles. The Labute approximate surface area is 167 Å². The van der Waals surface area contributed by atoms with E-state index in [4.69, 9.17) is 4.74 Å². The molecule has 0 saturated heterocycles. The van der Waals surface area contributed by atoms with E-state index < -0.39 is 44.3 Å². The first-order valence-electron chi connectivity index (χ1n) is 8.55. The highest BCUT2D eigenvalue weighted by atomic mass is 32.2. The SMILES string of the molecule is CNS(=O)(=O)CC(=O)C1=C(C)N=C(C)C(C(=O)OC)C1c1cccc([N+](=O)[O-])c1. The van der Waals surface area contributed by atoms with Crippen LogP contribution in [-0.4, -0.2) is 50.7 Å². The van der Waals surface area contributed by atoms with Gasteiger partial charge in [-0.05, 0) is 26.5 Å². The molecule has 156 valence electrons. The van der Waals surface area contributed by atoms with Gasteiger partial charge in [0.1, 0.15) is 11.7 Å². The topological polar surface area (TPSA) is 145 Å². The number of hydrogen-bond donors (Lipinski definition) is 1. The maximum Gasteiger partial charge on any atom is 0.315 e. The Hall–Kier alpha value is -2.92. The number of hydrogen-bond acceptors (Lipinski definition) is 8. The first-order chi connectivity index (χ1) is 13.5. The first-order valence-corrected chi connectivity index (χ1v) is 10.2. The number of benzene rings is 1. The van der Waals surface area contributed by atoms with E-state index in [2.05, 4.69) is 9.71 Å². The number of aliphatic imine (C=N–C) groups is 1. The quantitative estimate of drug-likeness (QED) is 0.395. The maximum absolute atomic E-state index is 12.9. The number of nitrogens with zero attached hydrogens (tertiary/aromatic N) is 2. The van der Waals surface area contributed by atoms with Crippen LogP contribution in [0.1, 0.15) is 25.3 Å². The third kappa shape index (κ3) is 4.74. The Balaban J connectivity index is 2.70. The van der Waals surface area contributed by atoms with E-state index in [1.54, 1.807) is 13.0 Å². The smallest absolute Gasteiger partial charge is 0.315 e. The zero-order chi connectivity index (χ0) is 21.9. The lowest BCUT2D eigenvalue weighted by Crippen LogP contribution is -2.38. The molecule has 11 heteroatoms. The number of allylic oxidation sites excluding steroid dienone is 2. The largest absolute Gasteiger partial charge is 0.468 e. The molecule has 1 aliphatic rings. The molecule has 0 fully saturated rings. The second-order valence-electron chi connectivity index (χ2n) is 6.47. The molecular weight excluding hydrogens is 402 g/mol. The van der Waals surface area contributed by atoms with Crippen LogP contribution in [0.4, 0.5) is 5.69 Å². The van der Waals surface area contributed by atoms with Crippen molar-refractivity contribution in [2.75, 3.05) is 19.9 Å². The number of ether oxygens (including phenoxy) is 1. The molecule has 2 unspecified atom stereocenters. The predicted octanol–water partition coefficient (Wildman–Crippen LogP) is 1.33. The number of carbonyl (C=O) groups excluding carboxylic acids is 2. The van der Waals surface area contributed by atoms with Gasteiger partial charge in [-0.3, -0.25) is 24.7 Å². The third-order valence-corrected chi connectivity index (χ3v) is 5.92. The Morgan fingerprint density at radius 2 is 1.97 bits per heavy atom. The summed E-state index contributed by atoms with van der Waals surface area (Å²) in [5, 5.41) is 11.2. The highest BCUT2D eigenvalue weighted by Gasteiger charge is 2.42.